The molecule has 0 spiro atoms. The lowest BCUT2D eigenvalue weighted by Crippen LogP contribution is -2.32. The molecule has 1 heterocycles. The number of ether oxygens (including phenoxy) is 2. The lowest BCUT2D eigenvalue weighted by atomic mass is 9.87. The maximum atomic E-state index is 12.4. The lowest BCUT2D eigenvalue weighted by molar-refractivity contribution is -0.121. The molecule has 0 aromatic heterocycles. The van der Waals surface area contributed by atoms with Crippen molar-refractivity contribution in [1.29, 1.82) is 0 Å². The third-order valence-electron chi connectivity index (χ3n) is 4.51. The van der Waals surface area contributed by atoms with Gasteiger partial charge in [-0.05, 0) is 48.1 Å². The van der Waals surface area contributed by atoms with Crippen LogP contribution in [-0.4, -0.2) is 12.7 Å². The van der Waals surface area contributed by atoms with Crippen molar-refractivity contribution in [3.05, 3.63) is 59.2 Å². The van der Waals surface area contributed by atoms with Gasteiger partial charge in [-0.1, -0.05) is 30.3 Å². The fourth-order valence-electron chi connectivity index (χ4n) is 3.39. The molecule has 0 fully saturated rings. The van der Waals surface area contributed by atoms with Gasteiger partial charge < -0.3 is 14.8 Å². The summed E-state index contributed by atoms with van der Waals surface area (Å²) in [6, 6.07) is 14.2. The molecular weight excluding hydrogens is 290 g/mol. The molecule has 2 aliphatic rings. The molecule has 4 heteroatoms. The third-order valence-corrected chi connectivity index (χ3v) is 4.51. The van der Waals surface area contributed by atoms with Crippen molar-refractivity contribution >= 4 is 5.91 Å². The van der Waals surface area contributed by atoms with Crippen molar-refractivity contribution in [3.63, 3.8) is 0 Å². The minimum Gasteiger partial charge on any atom is -0.454 e. The molecule has 0 saturated heterocycles. The van der Waals surface area contributed by atoms with Gasteiger partial charge in [0.2, 0.25) is 12.7 Å². The van der Waals surface area contributed by atoms with Crippen molar-refractivity contribution in [1.82, 2.24) is 5.32 Å². The lowest BCUT2D eigenvalue weighted by Gasteiger charge is -2.26. The van der Waals surface area contributed by atoms with Gasteiger partial charge >= 0.3 is 0 Å². The Kier molecular flexibility index (Phi) is 3.66. The molecule has 1 aliphatic heterocycles. The van der Waals surface area contributed by atoms with E-state index in [1.165, 1.54) is 11.1 Å². The summed E-state index contributed by atoms with van der Waals surface area (Å²) in [6.07, 6.45) is 3.58. The molecule has 118 valence electrons. The van der Waals surface area contributed by atoms with E-state index in [1.807, 2.05) is 24.3 Å². The van der Waals surface area contributed by atoms with Crippen LogP contribution in [0.5, 0.6) is 11.5 Å². The number of nitrogens with one attached hydrogen (secondary N) is 1. The monoisotopic (exact) mass is 309 g/mol. The van der Waals surface area contributed by atoms with Crippen LogP contribution < -0.4 is 14.8 Å². The molecule has 1 aliphatic carbocycles. The number of fused-ring (bicyclic) bond motifs is 2. The summed E-state index contributed by atoms with van der Waals surface area (Å²) in [5, 5.41) is 3.18. The zero-order valence-electron chi connectivity index (χ0n) is 12.9. The first kappa shape index (κ1) is 14.1. The SMILES string of the molecule is O=C(Cc1ccc2c(c1)OCO2)NC1CCCc2ccccc21. The molecule has 1 N–H and O–H groups in total. The molecule has 1 unspecified atom stereocenters. The molecule has 0 bridgehead atoms. The Bertz CT molecular complexity index is 741. The second kappa shape index (κ2) is 5.95. The number of hydrogen-bond donors (Lipinski definition) is 1. The summed E-state index contributed by atoms with van der Waals surface area (Å²) in [4.78, 5) is 12.4. The molecule has 1 amide bonds. The van der Waals surface area contributed by atoms with E-state index in [0.717, 1.165) is 36.3 Å². The van der Waals surface area contributed by atoms with Crippen LogP contribution in [-0.2, 0) is 17.6 Å². The zero-order valence-corrected chi connectivity index (χ0v) is 12.9. The number of amides is 1. The van der Waals surface area contributed by atoms with Crippen LogP contribution in [0.3, 0.4) is 0 Å². The number of rotatable bonds is 3. The summed E-state index contributed by atoms with van der Waals surface area (Å²) in [6.45, 7) is 0.254. The predicted octanol–water partition coefficient (Wildman–Crippen LogP) is 3.15. The van der Waals surface area contributed by atoms with Crippen LogP contribution in [0.2, 0.25) is 0 Å². The second-order valence-corrected chi connectivity index (χ2v) is 6.08. The highest BCUT2D eigenvalue weighted by Crippen LogP contribution is 2.33. The predicted molar refractivity (Wildman–Crippen MR) is 86.5 cm³/mol. The first-order valence-electron chi connectivity index (χ1n) is 8.05. The largest absolute Gasteiger partial charge is 0.454 e. The summed E-state index contributed by atoms with van der Waals surface area (Å²) in [5.41, 5.74) is 3.56. The molecule has 2 aromatic carbocycles. The van der Waals surface area contributed by atoms with Gasteiger partial charge in [0.15, 0.2) is 11.5 Å². The average Bonchev–Trinajstić information content (AvgIpc) is 3.03. The van der Waals surface area contributed by atoms with Gasteiger partial charge in [0, 0.05) is 0 Å². The Morgan fingerprint density at radius 1 is 1.13 bits per heavy atom. The van der Waals surface area contributed by atoms with Crippen molar-refractivity contribution in [2.24, 2.45) is 0 Å². The van der Waals surface area contributed by atoms with E-state index in [4.69, 9.17) is 9.47 Å². The number of hydrogen-bond acceptors (Lipinski definition) is 3. The van der Waals surface area contributed by atoms with E-state index in [-0.39, 0.29) is 18.7 Å². The Morgan fingerprint density at radius 2 is 2.00 bits per heavy atom. The minimum absolute atomic E-state index is 0.0468. The first-order chi connectivity index (χ1) is 11.3. The van der Waals surface area contributed by atoms with Gasteiger partial charge in [-0.25, -0.2) is 0 Å². The number of carbonyl (C=O) groups excluding carboxylic acids is 1. The molecule has 2 aromatic rings. The van der Waals surface area contributed by atoms with Crippen LogP contribution in [0.4, 0.5) is 0 Å². The summed E-state index contributed by atoms with van der Waals surface area (Å²) in [7, 11) is 0. The van der Waals surface area contributed by atoms with Gasteiger partial charge in [-0.2, -0.15) is 0 Å². The van der Waals surface area contributed by atoms with Crippen LogP contribution in [0.25, 0.3) is 0 Å². The van der Waals surface area contributed by atoms with Crippen molar-refractivity contribution < 1.29 is 14.3 Å². The number of carbonyl (C=O) groups is 1. The zero-order chi connectivity index (χ0) is 15.6. The maximum absolute atomic E-state index is 12.4. The van der Waals surface area contributed by atoms with E-state index in [2.05, 4.69) is 23.5 Å². The molecule has 1 atom stereocenters. The van der Waals surface area contributed by atoms with Gasteiger partial charge in [-0.15, -0.1) is 0 Å². The Balaban J connectivity index is 1.45. The van der Waals surface area contributed by atoms with Crippen LogP contribution in [0, 0.1) is 0 Å². The maximum Gasteiger partial charge on any atom is 0.231 e. The molecule has 0 saturated carbocycles. The topological polar surface area (TPSA) is 47.6 Å². The highest BCUT2D eigenvalue weighted by molar-refractivity contribution is 5.79. The quantitative estimate of drug-likeness (QED) is 0.947. The fourth-order valence-corrected chi connectivity index (χ4v) is 3.39. The van der Waals surface area contributed by atoms with Gasteiger partial charge in [0.1, 0.15) is 0 Å². The van der Waals surface area contributed by atoms with E-state index in [9.17, 15) is 4.79 Å². The van der Waals surface area contributed by atoms with E-state index in [0.29, 0.717) is 6.42 Å². The molecule has 4 nitrogen and oxygen atoms in total. The molecular formula is C19H19NO3. The molecule has 0 radical (unpaired) electrons. The Labute approximate surface area is 135 Å². The van der Waals surface area contributed by atoms with E-state index < -0.39 is 0 Å². The van der Waals surface area contributed by atoms with Gasteiger partial charge in [0.05, 0.1) is 12.5 Å². The number of aryl methyl sites for hydroxylation is 1. The van der Waals surface area contributed by atoms with Gasteiger partial charge in [0.25, 0.3) is 0 Å². The van der Waals surface area contributed by atoms with Gasteiger partial charge in [-0.3, -0.25) is 4.79 Å². The fraction of sp³-hybridized carbons (Fsp3) is 0.316. The van der Waals surface area contributed by atoms with E-state index >= 15 is 0 Å². The summed E-state index contributed by atoms with van der Waals surface area (Å²) >= 11 is 0. The first-order valence-corrected chi connectivity index (χ1v) is 8.05. The highest BCUT2D eigenvalue weighted by Gasteiger charge is 2.21. The Hall–Kier alpha value is -2.49. The second-order valence-electron chi connectivity index (χ2n) is 6.08. The van der Waals surface area contributed by atoms with Crippen LogP contribution in [0.15, 0.2) is 42.5 Å². The average molecular weight is 309 g/mol. The standard InChI is InChI=1S/C19H19NO3/c21-19(11-13-8-9-17-18(10-13)23-12-22-17)20-16-7-3-5-14-4-1-2-6-15(14)16/h1-2,4,6,8-10,16H,3,5,7,11-12H2,(H,20,21). The highest BCUT2D eigenvalue weighted by atomic mass is 16.7. The smallest absolute Gasteiger partial charge is 0.231 e. The van der Waals surface area contributed by atoms with E-state index in [1.54, 1.807) is 0 Å². The summed E-state index contributed by atoms with van der Waals surface area (Å²) in [5.74, 6) is 1.51. The summed E-state index contributed by atoms with van der Waals surface area (Å²) < 4.78 is 10.7. The normalized spacial score (nSPS) is 18.3. The van der Waals surface area contributed by atoms with Crippen molar-refractivity contribution in [3.8, 4) is 11.5 Å². The van der Waals surface area contributed by atoms with Crippen molar-refractivity contribution in [2.45, 2.75) is 31.7 Å². The van der Waals surface area contributed by atoms with Crippen LogP contribution >= 0.6 is 0 Å². The third kappa shape index (κ3) is 2.89. The van der Waals surface area contributed by atoms with Crippen molar-refractivity contribution in [2.75, 3.05) is 6.79 Å². The van der Waals surface area contributed by atoms with Crippen LogP contribution in [0.1, 0.15) is 35.6 Å². The Morgan fingerprint density at radius 3 is 2.96 bits per heavy atom. The molecule has 23 heavy (non-hydrogen) atoms. The minimum atomic E-state index is 0.0468. The number of benzene rings is 2. The molecule has 4 rings (SSSR count).